The van der Waals surface area contributed by atoms with Crippen LogP contribution in [0.2, 0.25) is 0 Å². The van der Waals surface area contributed by atoms with Crippen LogP contribution >= 0.6 is 0 Å². The standard InChI is InChI=1S/C29H35F2NO3/c1-29(2,28(33)34)18-21-10-13-25-24(6-3-4-7-26(25)27(21)31)20-8-11-22(12-9-20)35-23-14-17-32(19-23)16-5-15-30/h6,8-13,23H,3-5,7,14-19H2,1-2H3,(H,33,34)/t23-/m0/s1. The predicted octanol–water partition coefficient (Wildman–Crippen LogP) is 6.06. The Hall–Kier alpha value is -2.73. The van der Waals surface area contributed by atoms with Gasteiger partial charge in [0.15, 0.2) is 0 Å². The molecule has 2 aliphatic rings. The third kappa shape index (κ3) is 5.92. The fourth-order valence-corrected chi connectivity index (χ4v) is 5.05. The van der Waals surface area contributed by atoms with Crippen molar-refractivity contribution in [2.45, 2.75) is 58.5 Å². The highest BCUT2D eigenvalue weighted by Crippen LogP contribution is 2.36. The van der Waals surface area contributed by atoms with Crippen LogP contribution in [0.25, 0.3) is 5.57 Å². The first kappa shape index (κ1) is 25.4. The van der Waals surface area contributed by atoms with Gasteiger partial charge in [0.05, 0.1) is 12.1 Å². The maximum atomic E-state index is 15.6. The van der Waals surface area contributed by atoms with Gasteiger partial charge in [0.1, 0.15) is 17.7 Å². The molecule has 1 aliphatic carbocycles. The number of likely N-dealkylation sites (tertiary alicyclic amines) is 1. The zero-order valence-electron chi connectivity index (χ0n) is 20.7. The van der Waals surface area contributed by atoms with Crippen molar-refractivity contribution >= 4 is 11.5 Å². The molecule has 0 unspecified atom stereocenters. The lowest BCUT2D eigenvalue weighted by molar-refractivity contribution is -0.146. The summed E-state index contributed by atoms with van der Waals surface area (Å²) in [5.41, 5.74) is 2.99. The Morgan fingerprint density at radius 3 is 2.69 bits per heavy atom. The van der Waals surface area contributed by atoms with Gasteiger partial charge in [0.25, 0.3) is 0 Å². The van der Waals surface area contributed by atoms with Gasteiger partial charge in [-0.2, -0.15) is 0 Å². The van der Waals surface area contributed by atoms with E-state index in [0.29, 0.717) is 24.0 Å². The number of allylic oxidation sites excluding steroid dienone is 1. The van der Waals surface area contributed by atoms with Crippen LogP contribution < -0.4 is 4.74 Å². The van der Waals surface area contributed by atoms with E-state index < -0.39 is 11.4 Å². The molecule has 1 aliphatic heterocycles. The lowest BCUT2D eigenvalue weighted by atomic mass is 9.83. The minimum Gasteiger partial charge on any atom is -0.489 e. The molecular weight excluding hydrogens is 448 g/mol. The number of alkyl halides is 1. The van der Waals surface area contributed by atoms with Crippen molar-refractivity contribution in [1.29, 1.82) is 0 Å². The van der Waals surface area contributed by atoms with Crippen LogP contribution in [0.3, 0.4) is 0 Å². The SMILES string of the molecule is CC(C)(Cc1ccc2c(c1F)CCCC=C2c1ccc(O[C@H]2CCN(CCCF)C2)cc1)C(=O)O. The monoisotopic (exact) mass is 483 g/mol. The van der Waals surface area contributed by atoms with Crippen molar-refractivity contribution in [3.8, 4) is 5.75 Å². The lowest BCUT2D eigenvalue weighted by Crippen LogP contribution is -2.26. The third-order valence-corrected chi connectivity index (χ3v) is 7.11. The number of benzene rings is 2. The van der Waals surface area contributed by atoms with Crippen LogP contribution in [0.1, 0.15) is 61.8 Å². The summed E-state index contributed by atoms with van der Waals surface area (Å²) in [7, 11) is 0. The second kappa shape index (κ2) is 10.9. The number of carbonyl (C=O) groups is 1. The molecule has 6 heteroatoms. The molecule has 35 heavy (non-hydrogen) atoms. The minimum absolute atomic E-state index is 0.112. The van der Waals surface area contributed by atoms with Gasteiger partial charge < -0.3 is 9.84 Å². The summed E-state index contributed by atoms with van der Waals surface area (Å²) < 4.78 is 34.1. The summed E-state index contributed by atoms with van der Waals surface area (Å²) in [5, 5.41) is 9.47. The Morgan fingerprint density at radius 1 is 1.20 bits per heavy atom. The summed E-state index contributed by atoms with van der Waals surface area (Å²) in [4.78, 5) is 13.8. The Labute approximate surface area is 206 Å². The van der Waals surface area contributed by atoms with Crippen molar-refractivity contribution in [3.63, 3.8) is 0 Å². The third-order valence-electron chi connectivity index (χ3n) is 7.11. The number of rotatable bonds is 9. The second-order valence-electron chi connectivity index (χ2n) is 10.3. The van der Waals surface area contributed by atoms with E-state index in [9.17, 15) is 14.3 Å². The van der Waals surface area contributed by atoms with Crippen molar-refractivity contribution in [3.05, 3.63) is 70.5 Å². The topological polar surface area (TPSA) is 49.8 Å². The second-order valence-corrected chi connectivity index (χ2v) is 10.3. The smallest absolute Gasteiger partial charge is 0.309 e. The molecule has 1 atom stereocenters. The van der Waals surface area contributed by atoms with Crippen LogP contribution in [0.4, 0.5) is 8.78 Å². The molecule has 0 bridgehead atoms. The van der Waals surface area contributed by atoms with E-state index in [1.54, 1.807) is 19.9 Å². The highest BCUT2D eigenvalue weighted by molar-refractivity contribution is 5.82. The molecule has 0 saturated carbocycles. The van der Waals surface area contributed by atoms with Crippen LogP contribution in [0.5, 0.6) is 5.75 Å². The van der Waals surface area contributed by atoms with Crippen molar-refractivity contribution in [1.82, 2.24) is 4.90 Å². The van der Waals surface area contributed by atoms with Gasteiger partial charge in [-0.25, -0.2) is 4.39 Å². The van der Waals surface area contributed by atoms with Gasteiger partial charge in [-0.05, 0) is 92.3 Å². The number of halogens is 2. The average molecular weight is 484 g/mol. The molecule has 1 heterocycles. The number of aliphatic carboxylic acids is 1. The van der Waals surface area contributed by atoms with Crippen LogP contribution in [0.15, 0.2) is 42.5 Å². The number of fused-ring (bicyclic) bond motifs is 1. The number of carboxylic acids is 1. The predicted molar refractivity (Wildman–Crippen MR) is 134 cm³/mol. The zero-order valence-corrected chi connectivity index (χ0v) is 20.7. The van der Waals surface area contributed by atoms with E-state index in [0.717, 1.165) is 61.3 Å². The molecule has 0 aromatic heterocycles. The van der Waals surface area contributed by atoms with Gasteiger partial charge in [-0.1, -0.05) is 30.3 Å². The summed E-state index contributed by atoms with van der Waals surface area (Å²) in [6.07, 6.45) is 6.27. The molecule has 188 valence electrons. The van der Waals surface area contributed by atoms with E-state index in [-0.39, 0.29) is 25.0 Å². The van der Waals surface area contributed by atoms with Crippen LogP contribution in [-0.2, 0) is 17.6 Å². The number of nitrogens with zero attached hydrogens (tertiary/aromatic N) is 1. The Bertz CT molecular complexity index is 1080. The normalized spacial score (nSPS) is 18.6. The maximum absolute atomic E-state index is 15.6. The molecule has 4 rings (SSSR count). The van der Waals surface area contributed by atoms with Crippen LogP contribution in [-0.4, -0.2) is 48.4 Å². The van der Waals surface area contributed by atoms with Gasteiger partial charge in [-0.15, -0.1) is 0 Å². The molecule has 1 saturated heterocycles. The number of carboxylic acid groups (broad SMARTS) is 1. The zero-order chi connectivity index (χ0) is 25.0. The van der Waals surface area contributed by atoms with Gasteiger partial charge in [0, 0.05) is 19.6 Å². The highest BCUT2D eigenvalue weighted by Gasteiger charge is 2.30. The first-order valence-electron chi connectivity index (χ1n) is 12.6. The van der Waals surface area contributed by atoms with Crippen molar-refractivity contribution < 1.29 is 23.4 Å². The average Bonchev–Trinajstić information content (AvgIpc) is 3.16. The molecule has 2 aromatic carbocycles. The molecule has 1 fully saturated rings. The lowest BCUT2D eigenvalue weighted by Gasteiger charge is -2.21. The highest BCUT2D eigenvalue weighted by atomic mass is 19.1. The fraction of sp³-hybridized carbons (Fsp3) is 0.483. The van der Waals surface area contributed by atoms with E-state index in [4.69, 9.17) is 4.74 Å². The van der Waals surface area contributed by atoms with Crippen molar-refractivity contribution in [2.24, 2.45) is 5.41 Å². The molecule has 1 N–H and O–H groups in total. The summed E-state index contributed by atoms with van der Waals surface area (Å²) >= 11 is 0. The largest absolute Gasteiger partial charge is 0.489 e. The Morgan fingerprint density at radius 2 is 1.97 bits per heavy atom. The van der Waals surface area contributed by atoms with Crippen molar-refractivity contribution in [2.75, 3.05) is 26.3 Å². The van der Waals surface area contributed by atoms with Gasteiger partial charge in [0.2, 0.25) is 0 Å². The maximum Gasteiger partial charge on any atom is 0.309 e. The Balaban J connectivity index is 1.51. The fourth-order valence-electron chi connectivity index (χ4n) is 5.05. The van der Waals surface area contributed by atoms with E-state index in [1.165, 1.54) is 0 Å². The molecule has 0 amide bonds. The van der Waals surface area contributed by atoms with Gasteiger partial charge in [-0.3, -0.25) is 14.1 Å². The number of ether oxygens (including phenoxy) is 1. The number of hydrogen-bond donors (Lipinski definition) is 1. The first-order valence-corrected chi connectivity index (χ1v) is 12.6. The first-order chi connectivity index (χ1) is 16.8. The summed E-state index contributed by atoms with van der Waals surface area (Å²) in [6, 6.07) is 11.6. The molecule has 0 radical (unpaired) electrons. The molecule has 4 nitrogen and oxygen atoms in total. The van der Waals surface area contributed by atoms with Crippen LogP contribution in [0, 0.1) is 11.2 Å². The summed E-state index contributed by atoms with van der Waals surface area (Å²) in [6.45, 7) is 5.50. The number of hydrogen-bond acceptors (Lipinski definition) is 3. The van der Waals surface area contributed by atoms with E-state index >= 15 is 4.39 Å². The Kier molecular flexibility index (Phi) is 7.90. The molecule has 2 aromatic rings. The van der Waals surface area contributed by atoms with E-state index in [2.05, 4.69) is 11.0 Å². The molecular formula is C29H35F2NO3. The van der Waals surface area contributed by atoms with E-state index in [1.807, 2.05) is 30.3 Å². The summed E-state index contributed by atoms with van der Waals surface area (Å²) in [5.74, 6) is -0.402. The minimum atomic E-state index is -1.03. The molecule has 0 spiro atoms. The quantitative estimate of drug-likeness (QED) is 0.471. The van der Waals surface area contributed by atoms with Gasteiger partial charge >= 0.3 is 5.97 Å².